The van der Waals surface area contributed by atoms with Crippen LogP contribution in [-0.4, -0.2) is 25.5 Å². The fraction of sp³-hybridized carbons (Fsp3) is 0.154. The Morgan fingerprint density at radius 1 is 1.06 bits per heavy atom. The maximum atomic E-state index is 12.6. The summed E-state index contributed by atoms with van der Waals surface area (Å²) < 4.78 is 1.76. The standard InChI is InChI=1S/C26H21N5O/c1-18-9-10-21(26(32)30-24-8-4-5-13-27-24)14-20(18)11-12-23-17-28-25-15-22(16-29-31(23)25)19-6-2-3-7-19/h2-5,8-10,13-17,19H,6-7H2,1H3,(H,27,30,32). The molecule has 3 heterocycles. The quantitative estimate of drug-likeness (QED) is 0.392. The molecule has 32 heavy (non-hydrogen) atoms. The van der Waals surface area contributed by atoms with Gasteiger partial charge in [0.15, 0.2) is 5.65 Å². The van der Waals surface area contributed by atoms with E-state index in [4.69, 9.17) is 0 Å². The van der Waals surface area contributed by atoms with E-state index in [0.717, 1.165) is 29.6 Å². The molecule has 6 heteroatoms. The number of anilines is 1. The second kappa shape index (κ2) is 8.48. The second-order valence-corrected chi connectivity index (χ2v) is 7.79. The Balaban J connectivity index is 1.40. The Hall–Kier alpha value is -4.24. The number of amides is 1. The van der Waals surface area contributed by atoms with Crippen molar-refractivity contribution in [3.8, 4) is 11.8 Å². The van der Waals surface area contributed by atoms with Gasteiger partial charge in [0.2, 0.25) is 0 Å². The third kappa shape index (κ3) is 4.01. The van der Waals surface area contributed by atoms with E-state index in [1.807, 2.05) is 25.3 Å². The third-order valence-corrected chi connectivity index (χ3v) is 5.59. The van der Waals surface area contributed by atoms with Crippen LogP contribution in [0, 0.1) is 18.8 Å². The van der Waals surface area contributed by atoms with Crippen molar-refractivity contribution in [2.45, 2.75) is 25.7 Å². The lowest BCUT2D eigenvalue weighted by atomic mass is 9.99. The molecule has 5 rings (SSSR count). The van der Waals surface area contributed by atoms with Crippen molar-refractivity contribution in [2.24, 2.45) is 0 Å². The largest absolute Gasteiger partial charge is 0.307 e. The van der Waals surface area contributed by atoms with E-state index >= 15 is 0 Å². The number of carbonyl (C=O) groups is 1. The lowest BCUT2D eigenvalue weighted by Gasteiger charge is -2.08. The zero-order valence-electron chi connectivity index (χ0n) is 17.6. The first-order valence-corrected chi connectivity index (χ1v) is 10.5. The van der Waals surface area contributed by atoms with E-state index in [1.165, 1.54) is 5.56 Å². The van der Waals surface area contributed by atoms with E-state index < -0.39 is 0 Å². The van der Waals surface area contributed by atoms with Crippen molar-refractivity contribution >= 4 is 17.4 Å². The first kappa shape index (κ1) is 19.7. The van der Waals surface area contributed by atoms with Crippen molar-refractivity contribution in [3.63, 3.8) is 0 Å². The van der Waals surface area contributed by atoms with Crippen LogP contribution in [0.5, 0.6) is 0 Å². The number of benzene rings is 1. The normalized spacial score (nSPS) is 13.2. The van der Waals surface area contributed by atoms with Gasteiger partial charge in [0.25, 0.3) is 5.91 Å². The number of pyridine rings is 1. The van der Waals surface area contributed by atoms with Gasteiger partial charge in [0.1, 0.15) is 11.5 Å². The molecule has 0 unspecified atom stereocenters. The highest BCUT2D eigenvalue weighted by Gasteiger charge is 2.15. The molecule has 1 aromatic carbocycles. The van der Waals surface area contributed by atoms with E-state index in [0.29, 0.717) is 23.0 Å². The van der Waals surface area contributed by atoms with Crippen LogP contribution in [0.2, 0.25) is 0 Å². The second-order valence-electron chi connectivity index (χ2n) is 7.79. The average molecular weight is 419 g/mol. The molecule has 3 aromatic heterocycles. The minimum Gasteiger partial charge on any atom is -0.307 e. The first-order chi connectivity index (χ1) is 15.7. The monoisotopic (exact) mass is 419 g/mol. The van der Waals surface area contributed by atoms with Gasteiger partial charge in [-0.2, -0.15) is 5.10 Å². The molecule has 1 aliphatic carbocycles. The minimum atomic E-state index is -0.225. The van der Waals surface area contributed by atoms with Gasteiger partial charge < -0.3 is 5.32 Å². The molecule has 0 radical (unpaired) electrons. The highest BCUT2D eigenvalue weighted by molar-refractivity contribution is 6.04. The number of imidazole rings is 1. The number of nitrogens with one attached hydrogen (secondary N) is 1. The minimum absolute atomic E-state index is 0.225. The van der Waals surface area contributed by atoms with Gasteiger partial charge in [0.05, 0.1) is 12.4 Å². The van der Waals surface area contributed by atoms with Crippen molar-refractivity contribution in [2.75, 3.05) is 5.32 Å². The number of allylic oxidation sites excluding steroid dienone is 2. The van der Waals surface area contributed by atoms with Gasteiger partial charge in [-0.3, -0.25) is 4.79 Å². The summed E-state index contributed by atoms with van der Waals surface area (Å²) in [5, 5.41) is 7.37. The predicted molar refractivity (Wildman–Crippen MR) is 123 cm³/mol. The van der Waals surface area contributed by atoms with Gasteiger partial charge >= 0.3 is 0 Å². The van der Waals surface area contributed by atoms with E-state index in [2.05, 4.69) is 50.4 Å². The van der Waals surface area contributed by atoms with E-state index in [9.17, 15) is 4.79 Å². The Morgan fingerprint density at radius 2 is 1.94 bits per heavy atom. The van der Waals surface area contributed by atoms with Crippen molar-refractivity contribution in [3.05, 3.63) is 101 Å². The maximum absolute atomic E-state index is 12.6. The molecule has 0 atom stereocenters. The third-order valence-electron chi connectivity index (χ3n) is 5.59. The molecule has 156 valence electrons. The number of aromatic nitrogens is 4. The number of nitrogens with zero attached hydrogens (tertiary/aromatic N) is 4. The van der Waals surface area contributed by atoms with E-state index in [1.54, 1.807) is 41.2 Å². The number of hydrogen-bond donors (Lipinski definition) is 1. The summed E-state index contributed by atoms with van der Waals surface area (Å²) in [6.45, 7) is 1.97. The summed E-state index contributed by atoms with van der Waals surface area (Å²) in [5.74, 6) is 7.11. The highest BCUT2D eigenvalue weighted by Crippen LogP contribution is 2.29. The molecule has 6 nitrogen and oxygen atoms in total. The Morgan fingerprint density at radius 3 is 2.75 bits per heavy atom. The molecule has 0 bridgehead atoms. The summed E-state index contributed by atoms with van der Waals surface area (Å²) >= 11 is 0. The molecule has 0 saturated heterocycles. The topological polar surface area (TPSA) is 72.2 Å². The van der Waals surface area contributed by atoms with Crippen LogP contribution in [0.25, 0.3) is 5.65 Å². The van der Waals surface area contributed by atoms with Crippen LogP contribution >= 0.6 is 0 Å². The number of carbonyl (C=O) groups excluding carboxylic acids is 1. The number of hydrogen-bond acceptors (Lipinski definition) is 4. The lowest BCUT2D eigenvalue weighted by Crippen LogP contribution is -2.13. The Kier molecular flexibility index (Phi) is 5.22. The van der Waals surface area contributed by atoms with Crippen LogP contribution in [0.4, 0.5) is 5.82 Å². The van der Waals surface area contributed by atoms with E-state index in [-0.39, 0.29) is 5.91 Å². The fourth-order valence-electron chi connectivity index (χ4n) is 3.74. The molecular weight excluding hydrogens is 398 g/mol. The summed E-state index contributed by atoms with van der Waals surface area (Å²) in [4.78, 5) is 21.2. The van der Waals surface area contributed by atoms with Gasteiger partial charge in [-0.1, -0.05) is 30.2 Å². The van der Waals surface area contributed by atoms with Crippen LogP contribution in [0.1, 0.15) is 51.5 Å². The molecule has 0 fully saturated rings. The van der Waals surface area contributed by atoms with Crippen LogP contribution in [0.3, 0.4) is 0 Å². The Bertz CT molecular complexity index is 1380. The lowest BCUT2D eigenvalue weighted by molar-refractivity contribution is 0.102. The zero-order valence-corrected chi connectivity index (χ0v) is 17.6. The molecule has 4 aromatic rings. The summed E-state index contributed by atoms with van der Waals surface area (Å²) in [7, 11) is 0. The predicted octanol–water partition coefficient (Wildman–Crippen LogP) is 4.52. The van der Waals surface area contributed by atoms with Crippen LogP contribution < -0.4 is 5.32 Å². The van der Waals surface area contributed by atoms with Crippen LogP contribution in [-0.2, 0) is 0 Å². The van der Waals surface area contributed by atoms with Crippen molar-refractivity contribution < 1.29 is 4.79 Å². The van der Waals surface area contributed by atoms with Crippen molar-refractivity contribution in [1.82, 2.24) is 19.6 Å². The number of fused-ring (bicyclic) bond motifs is 1. The number of rotatable bonds is 3. The average Bonchev–Trinajstić information content (AvgIpc) is 3.49. The van der Waals surface area contributed by atoms with Crippen molar-refractivity contribution in [1.29, 1.82) is 0 Å². The summed E-state index contributed by atoms with van der Waals surface area (Å²) in [6.07, 6.45) is 11.8. The molecule has 0 spiro atoms. The molecule has 0 aliphatic heterocycles. The SMILES string of the molecule is Cc1ccc(C(=O)Nc2ccccn2)cc1C#Cc1cnc2cc(C3CC=CC3)cnn12. The molecule has 1 aliphatic rings. The van der Waals surface area contributed by atoms with Gasteiger partial charge in [0, 0.05) is 17.3 Å². The first-order valence-electron chi connectivity index (χ1n) is 10.5. The summed E-state index contributed by atoms with van der Waals surface area (Å²) in [5.41, 5.74) is 5.00. The smallest absolute Gasteiger partial charge is 0.256 e. The zero-order chi connectivity index (χ0) is 21.9. The van der Waals surface area contributed by atoms with Gasteiger partial charge in [-0.05, 0) is 73.1 Å². The molecule has 1 N–H and O–H groups in total. The molecule has 1 amide bonds. The van der Waals surface area contributed by atoms with Gasteiger partial charge in [-0.25, -0.2) is 14.5 Å². The highest BCUT2D eigenvalue weighted by atomic mass is 16.1. The Labute approximate surface area is 186 Å². The fourth-order valence-corrected chi connectivity index (χ4v) is 3.74. The molecular formula is C26H21N5O. The van der Waals surface area contributed by atoms with Crippen LogP contribution in [0.15, 0.2) is 73.2 Å². The number of aryl methyl sites for hydroxylation is 1. The molecule has 0 saturated carbocycles. The summed E-state index contributed by atoms with van der Waals surface area (Å²) in [6, 6.07) is 12.9. The van der Waals surface area contributed by atoms with Gasteiger partial charge in [-0.15, -0.1) is 0 Å². The maximum Gasteiger partial charge on any atom is 0.256 e.